The normalized spacial score (nSPS) is 24.3. The van der Waals surface area contributed by atoms with Crippen molar-refractivity contribution < 1.29 is 9.59 Å². The standard InChI is InChI=1S/C15H21N5O2/c16-14(21)7-18-15(22)12-3-1-2-4-13(12)19-8-10-5-6-11(9-19)20(10)17/h1-4,10-11H,5-9,17H2,(H2,16,21)(H,18,22). The van der Waals surface area contributed by atoms with Gasteiger partial charge >= 0.3 is 0 Å². The maximum Gasteiger partial charge on any atom is 0.253 e. The van der Waals surface area contributed by atoms with Gasteiger partial charge in [0.05, 0.1) is 12.1 Å². The minimum atomic E-state index is -0.555. The van der Waals surface area contributed by atoms with Gasteiger partial charge in [0.1, 0.15) is 0 Å². The van der Waals surface area contributed by atoms with Crippen molar-refractivity contribution in [3.8, 4) is 0 Å². The predicted molar refractivity (Wildman–Crippen MR) is 83.0 cm³/mol. The molecule has 2 atom stereocenters. The van der Waals surface area contributed by atoms with Gasteiger partial charge in [0.25, 0.3) is 5.91 Å². The topological polar surface area (TPSA) is 105 Å². The Hall–Kier alpha value is -2.12. The van der Waals surface area contributed by atoms with Gasteiger partial charge in [0, 0.05) is 30.9 Å². The minimum Gasteiger partial charge on any atom is -0.368 e. The number of rotatable bonds is 4. The molecule has 2 aliphatic heterocycles. The van der Waals surface area contributed by atoms with E-state index in [9.17, 15) is 9.59 Å². The smallest absolute Gasteiger partial charge is 0.253 e. The molecule has 0 radical (unpaired) electrons. The van der Waals surface area contributed by atoms with E-state index in [-0.39, 0.29) is 12.5 Å². The minimum absolute atomic E-state index is 0.158. The fourth-order valence-corrected chi connectivity index (χ4v) is 3.34. The highest BCUT2D eigenvalue weighted by Gasteiger charge is 2.38. The Bertz CT molecular complexity index is 577. The van der Waals surface area contributed by atoms with E-state index in [1.165, 1.54) is 0 Å². The van der Waals surface area contributed by atoms with Crippen LogP contribution in [0.1, 0.15) is 23.2 Å². The average Bonchev–Trinajstić information content (AvgIpc) is 2.74. The van der Waals surface area contributed by atoms with Gasteiger partial charge in [-0.25, -0.2) is 5.01 Å². The number of hydrogen-bond donors (Lipinski definition) is 3. The van der Waals surface area contributed by atoms with Crippen LogP contribution < -0.4 is 21.8 Å². The molecular formula is C15H21N5O2. The van der Waals surface area contributed by atoms with E-state index in [0.29, 0.717) is 17.6 Å². The highest BCUT2D eigenvalue weighted by atomic mass is 16.2. The van der Waals surface area contributed by atoms with Gasteiger partial charge in [-0.05, 0) is 25.0 Å². The summed E-state index contributed by atoms with van der Waals surface area (Å²) in [4.78, 5) is 25.3. The lowest BCUT2D eigenvalue weighted by atomic mass is 10.1. The number of benzene rings is 1. The van der Waals surface area contributed by atoms with Crippen molar-refractivity contribution in [1.29, 1.82) is 0 Å². The molecule has 0 aliphatic carbocycles. The average molecular weight is 303 g/mol. The largest absolute Gasteiger partial charge is 0.368 e. The van der Waals surface area contributed by atoms with Crippen LogP contribution in [0, 0.1) is 0 Å². The molecule has 7 nitrogen and oxygen atoms in total. The molecule has 118 valence electrons. The Labute approximate surface area is 129 Å². The zero-order valence-corrected chi connectivity index (χ0v) is 12.4. The maximum absolute atomic E-state index is 12.3. The van der Waals surface area contributed by atoms with Crippen LogP contribution >= 0.6 is 0 Å². The fraction of sp³-hybridized carbons (Fsp3) is 0.467. The van der Waals surface area contributed by atoms with E-state index in [1.807, 2.05) is 23.2 Å². The van der Waals surface area contributed by atoms with Gasteiger partial charge in [0.15, 0.2) is 0 Å². The van der Waals surface area contributed by atoms with E-state index < -0.39 is 5.91 Å². The van der Waals surface area contributed by atoms with Crippen molar-refractivity contribution in [3.63, 3.8) is 0 Å². The molecule has 2 fully saturated rings. The monoisotopic (exact) mass is 303 g/mol. The van der Waals surface area contributed by atoms with Crippen molar-refractivity contribution in [2.24, 2.45) is 11.6 Å². The van der Waals surface area contributed by atoms with Crippen LogP contribution in [0.15, 0.2) is 24.3 Å². The summed E-state index contributed by atoms with van der Waals surface area (Å²) < 4.78 is 0. The molecule has 5 N–H and O–H groups in total. The summed E-state index contributed by atoms with van der Waals surface area (Å²) in [6.45, 7) is 1.47. The first-order valence-corrected chi connectivity index (χ1v) is 7.50. The molecule has 7 heteroatoms. The van der Waals surface area contributed by atoms with Crippen LogP contribution in [-0.4, -0.2) is 48.5 Å². The number of nitrogens with zero attached hydrogens (tertiary/aromatic N) is 2. The fourth-order valence-electron chi connectivity index (χ4n) is 3.34. The molecule has 2 saturated heterocycles. The molecule has 2 amide bonds. The number of hydrogen-bond acceptors (Lipinski definition) is 5. The summed E-state index contributed by atoms with van der Waals surface area (Å²) in [6, 6.07) is 8.10. The number of carbonyl (C=O) groups is 2. The first-order chi connectivity index (χ1) is 10.6. The highest BCUT2D eigenvalue weighted by Crippen LogP contribution is 2.31. The zero-order valence-electron chi connectivity index (χ0n) is 12.4. The van der Waals surface area contributed by atoms with Gasteiger partial charge in [-0.15, -0.1) is 0 Å². The molecule has 22 heavy (non-hydrogen) atoms. The summed E-state index contributed by atoms with van der Waals surface area (Å²) >= 11 is 0. The number of anilines is 1. The second-order valence-corrected chi connectivity index (χ2v) is 5.90. The maximum atomic E-state index is 12.3. The Morgan fingerprint density at radius 1 is 1.18 bits per heavy atom. The van der Waals surface area contributed by atoms with Gasteiger partial charge in [-0.2, -0.15) is 0 Å². The number of primary amides is 1. The molecule has 2 heterocycles. The van der Waals surface area contributed by atoms with E-state index in [0.717, 1.165) is 31.6 Å². The molecule has 3 rings (SSSR count). The molecule has 1 aromatic rings. The van der Waals surface area contributed by atoms with Crippen LogP contribution in [0.5, 0.6) is 0 Å². The van der Waals surface area contributed by atoms with Crippen molar-refractivity contribution in [3.05, 3.63) is 29.8 Å². The van der Waals surface area contributed by atoms with Gasteiger partial charge in [-0.3, -0.25) is 15.4 Å². The molecular weight excluding hydrogens is 282 g/mol. The second kappa shape index (κ2) is 5.94. The number of para-hydroxylation sites is 1. The van der Waals surface area contributed by atoms with Crippen LogP contribution in [0.4, 0.5) is 5.69 Å². The number of carbonyl (C=O) groups excluding carboxylic acids is 2. The first kappa shape index (κ1) is 14.8. The third kappa shape index (κ3) is 2.77. The molecule has 2 unspecified atom stereocenters. The Balaban J connectivity index is 1.80. The predicted octanol–water partition coefficient (Wildman–Crippen LogP) is -0.572. The SMILES string of the molecule is NC(=O)CNC(=O)c1ccccc1N1CC2CCC(C1)N2N. The molecule has 0 saturated carbocycles. The number of nitrogens with one attached hydrogen (secondary N) is 1. The molecule has 0 spiro atoms. The Kier molecular flexibility index (Phi) is 4.00. The van der Waals surface area contributed by atoms with Crippen LogP contribution in [0.3, 0.4) is 0 Å². The third-order valence-electron chi connectivity index (χ3n) is 4.45. The molecule has 0 aromatic heterocycles. The third-order valence-corrected chi connectivity index (χ3v) is 4.45. The summed E-state index contributed by atoms with van der Waals surface area (Å²) in [5, 5.41) is 4.50. The van der Waals surface area contributed by atoms with Gasteiger partial charge < -0.3 is 16.0 Å². The van der Waals surface area contributed by atoms with Crippen molar-refractivity contribution in [1.82, 2.24) is 10.3 Å². The molecule has 2 aliphatic rings. The highest BCUT2D eigenvalue weighted by molar-refractivity contribution is 6.01. The van der Waals surface area contributed by atoms with Crippen LogP contribution in [-0.2, 0) is 4.79 Å². The molecule has 2 bridgehead atoms. The van der Waals surface area contributed by atoms with Crippen LogP contribution in [0.25, 0.3) is 0 Å². The van der Waals surface area contributed by atoms with E-state index in [2.05, 4.69) is 10.2 Å². The van der Waals surface area contributed by atoms with Crippen molar-refractivity contribution in [2.45, 2.75) is 24.9 Å². The number of nitrogens with two attached hydrogens (primary N) is 2. The van der Waals surface area contributed by atoms with Gasteiger partial charge in [0.2, 0.25) is 5.91 Å². The lowest BCUT2D eigenvalue weighted by Crippen LogP contribution is -2.57. The number of amides is 2. The summed E-state index contributed by atoms with van der Waals surface area (Å²) in [5.41, 5.74) is 6.52. The van der Waals surface area contributed by atoms with Crippen LogP contribution in [0.2, 0.25) is 0 Å². The zero-order chi connectivity index (χ0) is 15.7. The lowest BCUT2D eigenvalue weighted by Gasteiger charge is -2.40. The second-order valence-electron chi connectivity index (χ2n) is 5.90. The Morgan fingerprint density at radius 3 is 2.45 bits per heavy atom. The number of piperazine rings is 1. The summed E-state index contributed by atoms with van der Waals surface area (Å²) in [7, 11) is 0. The van der Waals surface area contributed by atoms with E-state index in [1.54, 1.807) is 6.07 Å². The quantitative estimate of drug-likeness (QED) is 0.646. The summed E-state index contributed by atoms with van der Waals surface area (Å²) in [6.07, 6.45) is 2.18. The molecule has 1 aromatic carbocycles. The number of fused-ring (bicyclic) bond motifs is 2. The Morgan fingerprint density at radius 2 is 1.82 bits per heavy atom. The van der Waals surface area contributed by atoms with E-state index in [4.69, 9.17) is 11.6 Å². The van der Waals surface area contributed by atoms with Crippen molar-refractivity contribution in [2.75, 3.05) is 24.5 Å². The van der Waals surface area contributed by atoms with Crippen molar-refractivity contribution >= 4 is 17.5 Å². The lowest BCUT2D eigenvalue weighted by molar-refractivity contribution is -0.117. The van der Waals surface area contributed by atoms with Gasteiger partial charge in [-0.1, -0.05) is 12.1 Å². The summed E-state index contributed by atoms with van der Waals surface area (Å²) in [5.74, 6) is 5.24. The first-order valence-electron chi connectivity index (χ1n) is 7.50. The van der Waals surface area contributed by atoms with E-state index >= 15 is 0 Å². The number of hydrazine groups is 1.